The summed E-state index contributed by atoms with van der Waals surface area (Å²) in [5, 5.41) is 86.9. The number of hydrogen-bond donors (Lipinski definition) is 10. The molecule has 6 atom stereocenters. The molecule has 146 valence electrons. The number of esters is 1. The van der Waals surface area contributed by atoms with Crippen LogP contribution in [0.5, 0.6) is 0 Å². The van der Waals surface area contributed by atoms with E-state index < -0.39 is 73.3 Å². The van der Waals surface area contributed by atoms with Crippen molar-refractivity contribution in [2.45, 2.75) is 36.6 Å². The van der Waals surface area contributed by atoms with Crippen LogP contribution in [0.25, 0.3) is 0 Å². The van der Waals surface area contributed by atoms with Crippen molar-refractivity contribution in [1.29, 1.82) is 0 Å². The minimum absolute atomic E-state index is 0.671. The smallest absolute Gasteiger partial charge is 0.377 e. The lowest BCUT2D eigenvalue weighted by Crippen LogP contribution is -2.48. The first-order chi connectivity index (χ1) is 11.5. The highest BCUT2D eigenvalue weighted by Crippen LogP contribution is 2.20. The van der Waals surface area contributed by atoms with E-state index in [4.69, 9.17) is 51.1 Å². The summed E-state index contributed by atoms with van der Waals surface area (Å²) in [6.45, 7) is -1.51. The van der Waals surface area contributed by atoms with Gasteiger partial charge in [0.2, 0.25) is 5.76 Å². The van der Waals surface area contributed by atoms with E-state index in [1.807, 2.05) is 0 Å². The Morgan fingerprint density at radius 1 is 1.00 bits per heavy atom. The number of carbonyl (C=O) groups excluding carboxylic acids is 1. The number of carboxylic acid groups (broad SMARTS) is 1. The molecule has 0 saturated heterocycles. The normalized spacial score (nSPS) is 23.0. The number of hydrogen-bond acceptors (Lipinski definition) is 12. The Kier molecular flexibility index (Phi) is 9.29. The van der Waals surface area contributed by atoms with Crippen molar-refractivity contribution in [2.75, 3.05) is 13.2 Å². The van der Waals surface area contributed by atoms with Gasteiger partial charge in [-0.1, -0.05) is 0 Å². The summed E-state index contributed by atoms with van der Waals surface area (Å²) < 4.78 is 4.32. The van der Waals surface area contributed by atoms with Crippen LogP contribution in [-0.2, 0) is 14.3 Å². The van der Waals surface area contributed by atoms with Gasteiger partial charge in [0.1, 0.15) is 24.4 Å². The number of cyclic esters (lactones) is 1. The fourth-order valence-corrected chi connectivity index (χ4v) is 1.49. The topological polar surface area (TPSA) is 246 Å². The summed E-state index contributed by atoms with van der Waals surface area (Å²) in [5.41, 5.74) is 0. The summed E-state index contributed by atoms with van der Waals surface area (Å²) in [6.07, 6.45) is -10.6. The predicted molar refractivity (Wildman–Crippen MR) is 74.0 cm³/mol. The molecule has 0 fully saturated rings. The standard InChI is InChI=1S/C6H12O7.C6H8O6/c7-1-2(8)3(9)4(10)5(11)6(12)13;7-1-2(8)5-3(9)4(10)6(11)12-5/h2-5,7-11H,1H2,(H,12,13);2,5,7-10H,1H2/t2-,3-,4+,5-;2-,5+/m10/s1. The van der Waals surface area contributed by atoms with Crippen LogP contribution < -0.4 is 0 Å². The number of rotatable bonds is 7. The monoisotopic (exact) mass is 372 g/mol. The number of ether oxygens (including phenoxy) is 1. The third kappa shape index (κ3) is 6.09. The first kappa shape index (κ1) is 23.0. The molecular formula is C12H20O13. The second kappa shape index (κ2) is 10.1. The van der Waals surface area contributed by atoms with Gasteiger partial charge >= 0.3 is 11.9 Å². The van der Waals surface area contributed by atoms with Crippen LogP contribution in [0.2, 0.25) is 0 Å². The molecule has 1 heterocycles. The van der Waals surface area contributed by atoms with Crippen LogP contribution in [0.3, 0.4) is 0 Å². The first-order valence-corrected chi connectivity index (χ1v) is 6.67. The zero-order valence-corrected chi connectivity index (χ0v) is 12.6. The van der Waals surface area contributed by atoms with Crippen molar-refractivity contribution in [3.05, 3.63) is 11.5 Å². The highest BCUT2D eigenvalue weighted by molar-refractivity contribution is 5.89. The second-order valence-corrected chi connectivity index (χ2v) is 4.82. The molecule has 1 aliphatic rings. The molecule has 1 aliphatic heterocycles. The molecule has 0 unspecified atom stereocenters. The molecule has 0 aromatic heterocycles. The molecule has 0 saturated carbocycles. The molecule has 0 spiro atoms. The molecule has 0 aromatic carbocycles. The van der Waals surface area contributed by atoms with Gasteiger partial charge in [0.05, 0.1) is 13.2 Å². The quantitative estimate of drug-likeness (QED) is 0.188. The van der Waals surface area contributed by atoms with E-state index >= 15 is 0 Å². The number of aliphatic hydroxyl groups is 9. The average Bonchev–Trinajstić information content (AvgIpc) is 2.86. The Labute approximate surface area is 139 Å². The highest BCUT2D eigenvalue weighted by atomic mass is 16.6. The van der Waals surface area contributed by atoms with Gasteiger partial charge in [-0.2, -0.15) is 0 Å². The van der Waals surface area contributed by atoms with Crippen molar-refractivity contribution in [3.63, 3.8) is 0 Å². The van der Waals surface area contributed by atoms with Crippen molar-refractivity contribution in [3.8, 4) is 0 Å². The average molecular weight is 372 g/mol. The van der Waals surface area contributed by atoms with E-state index in [1.54, 1.807) is 0 Å². The van der Waals surface area contributed by atoms with E-state index in [0.29, 0.717) is 0 Å². The molecule has 25 heavy (non-hydrogen) atoms. The van der Waals surface area contributed by atoms with Crippen molar-refractivity contribution in [2.24, 2.45) is 0 Å². The summed E-state index contributed by atoms with van der Waals surface area (Å²) in [5.74, 6) is -4.50. The van der Waals surface area contributed by atoms with Gasteiger partial charge in [-0.05, 0) is 0 Å². The van der Waals surface area contributed by atoms with E-state index in [-0.39, 0.29) is 0 Å². The second-order valence-electron chi connectivity index (χ2n) is 4.82. The number of carbonyl (C=O) groups is 2. The lowest BCUT2D eigenvalue weighted by molar-refractivity contribution is -0.164. The molecule has 13 heteroatoms. The van der Waals surface area contributed by atoms with Crippen molar-refractivity contribution in [1.82, 2.24) is 0 Å². The summed E-state index contributed by atoms with van der Waals surface area (Å²) in [7, 11) is 0. The Balaban J connectivity index is 0.000000462. The summed E-state index contributed by atoms with van der Waals surface area (Å²) in [6, 6.07) is 0. The van der Waals surface area contributed by atoms with Crippen LogP contribution in [0, 0.1) is 0 Å². The van der Waals surface area contributed by atoms with Crippen LogP contribution in [0.1, 0.15) is 0 Å². The maximum atomic E-state index is 10.5. The Morgan fingerprint density at radius 3 is 1.84 bits per heavy atom. The van der Waals surface area contributed by atoms with E-state index in [1.165, 1.54) is 0 Å². The molecule has 13 nitrogen and oxygen atoms in total. The van der Waals surface area contributed by atoms with Gasteiger partial charge in [0.25, 0.3) is 0 Å². The Hall–Kier alpha value is -2.00. The minimum Gasteiger partial charge on any atom is -0.505 e. The van der Waals surface area contributed by atoms with Crippen LogP contribution >= 0.6 is 0 Å². The lowest BCUT2D eigenvalue weighted by Gasteiger charge is -2.23. The fourth-order valence-electron chi connectivity index (χ4n) is 1.49. The fraction of sp³-hybridized carbons (Fsp3) is 0.667. The molecule has 10 N–H and O–H groups in total. The summed E-state index contributed by atoms with van der Waals surface area (Å²) in [4.78, 5) is 20.6. The van der Waals surface area contributed by atoms with E-state index in [0.717, 1.165) is 0 Å². The SMILES string of the molecule is O=C(O)[C@H](O)[C@@H](O)[C@H](O)[C@H](O)CO.O=C1O[C@H]([C@@H](O)CO)C(O)=C1O. The molecule has 0 aliphatic carbocycles. The Bertz CT molecular complexity index is 489. The van der Waals surface area contributed by atoms with Crippen LogP contribution in [0.15, 0.2) is 11.5 Å². The zero-order valence-electron chi connectivity index (χ0n) is 12.6. The highest BCUT2D eigenvalue weighted by Gasteiger charge is 2.38. The van der Waals surface area contributed by atoms with Crippen LogP contribution in [0.4, 0.5) is 0 Å². The van der Waals surface area contributed by atoms with Crippen molar-refractivity contribution >= 4 is 11.9 Å². The van der Waals surface area contributed by atoms with Crippen LogP contribution in [-0.4, -0.2) is 113 Å². The largest absolute Gasteiger partial charge is 0.505 e. The van der Waals surface area contributed by atoms with Gasteiger partial charge in [-0.3, -0.25) is 0 Å². The first-order valence-electron chi connectivity index (χ1n) is 6.67. The van der Waals surface area contributed by atoms with Gasteiger partial charge in [0, 0.05) is 0 Å². The summed E-state index contributed by atoms with van der Waals surface area (Å²) >= 11 is 0. The molecule has 0 radical (unpaired) electrons. The van der Waals surface area contributed by atoms with E-state index in [9.17, 15) is 9.59 Å². The van der Waals surface area contributed by atoms with Gasteiger partial charge in [0.15, 0.2) is 18.0 Å². The van der Waals surface area contributed by atoms with Gasteiger partial charge in [-0.25, -0.2) is 9.59 Å². The number of aliphatic carboxylic acids is 1. The van der Waals surface area contributed by atoms with Gasteiger partial charge in [-0.15, -0.1) is 0 Å². The Morgan fingerprint density at radius 2 is 1.52 bits per heavy atom. The van der Waals surface area contributed by atoms with Gasteiger partial charge < -0.3 is 55.8 Å². The van der Waals surface area contributed by atoms with E-state index in [2.05, 4.69) is 4.74 Å². The number of aliphatic hydroxyl groups excluding tert-OH is 9. The maximum absolute atomic E-state index is 10.5. The minimum atomic E-state index is -2.20. The molecule has 0 amide bonds. The zero-order chi connectivity index (χ0) is 19.9. The number of carboxylic acids is 1. The predicted octanol–water partition coefficient (Wildman–Crippen LogP) is -4.90. The third-order valence-electron chi connectivity index (χ3n) is 2.98. The van der Waals surface area contributed by atoms with Crippen molar-refractivity contribution < 1.29 is 65.4 Å². The maximum Gasteiger partial charge on any atom is 0.377 e. The third-order valence-corrected chi connectivity index (χ3v) is 2.98. The molecule has 0 aromatic rings. The molecule has 0 bridgehead atoms. The molecular weight excluding hydrogens is 352 g/mol. The molecule has 1 rings (SSSR count). The lowest BCUT2D eigenvalue weighted by atomic mass is 10.0.